The van der Waals surface area contributed by atoms with Gasteiger partial charge in [0.25, 0.3) is 0 Å². The topological polar surface area (TPSA) is 9.23 Å². The van der Waals surface area contributed by atoms with Crippen LogP contribution in [-0.2, 0) is 4.43 Å². The summed E-state index contributed by atoms with van der Waals surface area (Å²) in [6.45, 7) is 7.84. The molecule has 0 aromatic carbocycles. The molecule has 0 rings (SSSR count). The molecule has 0 N–H and O–H groups in total. The smallest absolute Gasteiger partial charge is 0.221 e. The van der Waals surface area contributed by atoms with E-state index in [1.807, 2.05) is 20.0 Å². The predicted octanol–water partition coefficient (Wildman–Crippen LogP) is 3.35. The third-order valence-electron chi connectivity index (χ3n) is 1.65. The molecule has 0 heterocycles. The molecule has 0 saturated heterocycles. The summed E-state index contributed by atoms with van der Waals surface area (Å²) in [6, 6.07) is 0. The molecule has 0 aromatic heterocycles. The first-order chi connectivity index (χ1) is 5.94. The average molecular weight is 239 g/mol. The molecule has 0 aliphatic heterocycles. The molecule has 0 aliphatic rings. The zero-order valence-corrected chi connectivity index (χ0v) is 11.0. The maximum Gasteiger partial charge on any atom is 0.221 e. The van der Waals surface area contributed by atoms with Gasteiger partial charge in [0, 0.05) is 0 Å². The van der Waals surface area contributed by atoms with Crippen LogP contribution in [-0.4, -0.2) is 18.9 Å². The zero-order chi connectivity index (χ0) is 10.5. The van der Waals surface area contributed by atoms with E-state index in [0.29, 0.717) is 0 Å². The van der Waals surface area contributed by atoms with Crippen molar-refractivity contribution >= 4 is 31.5 Å². The molecule has 1 unspecified atom stereocenters. The van der Waals surface area contributed by atoms with Crippen molar-refractivity contribution in [3.05, 3.63) is 0 Å². The fraction of sp³-hybridized carbons (Fsp3) is 0.778. The normalized spacial score (nSPS) is 13.8. The van der Waals surface area contributed by atoms with Crippen LogP contribution in [0.2, 0.25) is 13.1 Å². The summed E-state index contributed by atoms with van der Waals surface area (Å²) in [5.41, 5.74) is 0. The van der Waals surface area contributed by atoms with Gasteiger partial charge in [-0.15, -0.1) is 29.1 Å². The molecule has 0 radical (unpaired) electrons. The summed E-state index contributed by atoms with van der Waals surface area (Å²) < 4.78 is 5.39. The van der Waals surface area contributed by atoms with Crippen molar-refractivity contribution in [2.24, 2.45) is 0 Å². The fourth-order valence-electron chi connectivity index (χ4n) is 0.794. The third-order valence-corrected chi connectivity index (χ3v) is 6.74. The molecule has 76 valence electrons. The SMILES string of the molecule is CC#CC(CC)O[Si](C)(C)C(Cl)Cl. The number of alkyl halides is 2. The molecule has 1 nitrogen and oxygen atoms in total. The number of halogens is 2. The molecule has 1 atom stereocenters. The van der Waals surface area contributed by atoms with Crippen LogP contribution in [0, 0.1) is 11.8 Å². The van der Waals surface area contributed by atoms with E-state index in [-0.39, 0.29) is 6.10 Å². The molecular formula is C9H16Cl2OSi. The van der Waals surface area contributed by atoms with Crippen molar-refractivity contribution in [3.8, 4) is 11.8 Å². The lowest BCUT2D eigenvalue weighted by molar-refractivity contribution is 0.245. The highest BCUT2D eigenvalue weighted by Crippen LogP contribution is 2.21. The summed E-state index contributed by atoms with van der Waals surface area (Å²) in [4.78, 5) is 0. The molecular weight excluding hydrogens is 223 g/mol. The van der Waals surface area contributed by atoms with Gasteiger partial charge in [0.1, 0.15) is 10.6 Å². The van der Waals surface area contributed by atoms with Crippen LogP contribution >= 0.6 is 23.2 Å². The van der Waals surface area contributed by atoms with Crippen molar-refractivity contribution in [2.45, 2.75) is 43.9 Å². The Morgan fingerprint density at radius 2 is 1.92 bits per heavy atom. The van der Waals surface area contributed by atoms with E-state index in [4.69, 9.17) is 27.6 Å². The highest BCUT2D eigenvalue weighted by atomic mass is 35.5. The van der Waals surface area contributed by atoms with Crippen molar-refractivity contribution < 1.29 is 4.43 Å². The van der Waals surface area contributed by atoms with Crippen LogP contribution in [0.4, 0.5) is 0 Å². The van der Waals surface area contributed by atoms with Crippen LogP contribution in [0.3, 0.4) is 0 Å². The van der Waals surface area contributed by atoms with E-state index in [1.165, 1.54) is 0 Å². The van der Waals surface area contributed by atoms with E-state index in [9.17, 15) is 0 Å². The maximum absolute atomic E-state index is 5.82. The van der Waals surface area contributed by atoms with Crippen molar-refractivity contribution in [3.63, 3.8) is 0 Å². The van der Waals surface area contributed by atoms with Gasteiger partial charge < -0.3 is 4.43 Å². The second-order valence-corrected chi connectivity index (χ2v) is 9.16. The van der Waals surface area contributed by atoms with E-state index < -0.39 is 12.8 Å². The Morgan fingerprint density at radius 1 is 1.38 bits per heavy atom. The van der Waals surface area contributed by atoms with E-state index in [2.05, 4.69) is 11.8 Å². The summed E-state index contributed by atoms with van der Waals surface area (Å²) >= 11 is 11.6. The Balaban J connectivity index is 4.27. The average Bonchev–Trinajstić information content (AvgIpc) is 2.03. The van der Waals surface area contributed by atoms with Crippen LogP contribution in [0.5, 0.6) is 0 Å². The van der Waals surface area contributed by atoms with Crippen LogP contribution in [0.1, 0.15) is 20.3 Å². The standard InChI is InChI=1S/C9H16Cl2OSi/c1-5-7-8(6-2)12-13(3,4)9(10)11/h8-9H,6H2,1-4H3. The quantitative estimate of drug-likeness (QED) is 0.415. The first-order valence-corrected chi connectivity index (χ1v) is 8.18. The Labute approximate surface area is 91.9 Å². The lowest BCUT2D eigenvalue weighted by Gasteiger charge is -2.26. The van der Waals surface area contributed by atoms with Crippen LogP contribution in [0.25, 0.3) is 0 Å². The van der Waals surface area contributed by atoms with E-state index in [0.717, 1.165) is 6.42 Å². The van der Waals surface area contributed by atoms with Crippen molar-refractivity contribution in [2.75, 3.05) is 0 Å². The van der Waals surface area contributed by atoms with Crippen LogP contribution in [0.15, 0.2) is 0 Å². The summed E-state index contributed by atoms with van der Waals surface area (Å²) in [5.74, 6) is 5.83. The molecule has 0 spiro atoms. The zero-order valence-electron chi connectivity index (χ0n) is 8.53. The van der Waals surface area contributed by atoms with Gasteiger partial charge in [-0.3, -0.25) is 0 Å². The molecule has 0 bridgehead atoms. The van der Waals surface area contributed by atoms with Gasteiger partial charge in [0.05, 0.1) is 0 Å². The van der Waals surface area contributed by atoms with Crippen molar-refractivity contribution in [1.29, 1.82) is 0 Å². The Morgan fingerprint density at radius 3 is 2.23 bits per heavy atom. The highest BCUT2D eigenvalue weighted by molar-refractivity contribution is 6.88. The minimum atomic E-state index is -1.97. The fourth-order valence-corrected chi connectivity index (χ4v) is 2.16. The molecule has 0 amide bonds. The monoisotopic (exact) mass is 238 g/mol. The minimum Gasteiger partial charge on any atom is -0.401 e. The largest absolute Gasteiger partial charge is 0.401 e. The first-order valence-electron chi connectivity index (χ1n) is 4.32. The Hall–Kier alpha value is 0.317. The molecule has 0 aromatic rings. The highest BCUT2D eigenvalue weighted by Gasteiger charge is 2.32. The van der Waals surface area contributed by atoms with Gasteiger partial charge in [-0.1, -0.05) is 12.8 Å². The van der Waals surface area contributed by atoms with Gasteiger partial charge >= 0.3 is 0 Å². The predicted molar refractivity (Wildman–Crippen MR) is 61.6 cm³/mol. The number of hydrogen-bond donors (Lipinski definition) is 0. The molecule has 13 heavy (non-hydrogen) atoms. The number of hydrogen-bond acceptors (Lipinski definition) is 1. The van der Waals surface area contributed by atoms with Gasteiger partial charge in [0.15, 0.2) is 0 Å². The Kier molecular flexibility index (Phi) is 6.07. The third kappa shape index (κ3) is 4.92. The van der Waals surface area contributed by atoms with Gasteiger partial charge in [-0.25, -0.2) is 0 Å². The number of rotatable bonds is 4. The summed E-state index contributed by atoms with van der Waals surface area (Å²) in [6.07, 6.45) is 0.851. The lowest BCUT2D eigenvalue weighted by atomic mass is 10.3. The van der Waals surface area contributed by atoms with E-state index in [1.54, 1.807) is 6.92 Å². The molecule has 4 heteroatoms. The van der Waals surface area contributed by atoms with Gasteiger partial charge in [0.2, 0.25) is 8.32 Å². The molecule has 0 aliphatic carbocycles. The van der Waals surface area contributed by atoms with Gasteiger partial charge in [-0.05, 0) is 26.4 Å². The van der Waals surface area contributed by atoms with E-state index >= 15 is 0 Å². The second-order valence-electron chi connectivity index (χ2n) is 3.31. The Bertz CT molecular complexity index is 205. The molecule has 0 saturated carbocycles. The molecule has 0 fully saturated rings. The van der Waals surface area contributed by atoms with Gasteiger partial charge in [-0.2, -0.15) is 0 Å². The maximum atomic E-state index is 5.82. The van der Waals surface area contributed by atoms with Crippen molar-refractivity contribution in [1.82, 2.24) is 0 Å². The summed E-state index contributed by atoms with van der Waals surface area (Å²) in [5, 5.41) is 0. The second kappa shape index (κ2) is 5.92. The first kappa shape index (κ1) is 13.3. The van der Waals surface area contributed by atoms with Crippen LogP contribution < -0.4 is 0 Å². The lowest BCUT2D eigenvalue weighted by Crippen LogP contribution is -2.41. The summed E-state index contributed by atoms with van der Waals surface area (Å²) in [7, 11) is -1.97. The minimum absolute atomic E-state index is 0.0216.